The normalized spacial score (nSPS) is 13.4. The van der Waals surface area contributed by atoms with Gasteiger partial charge in [0.25, 0.3) is 0 Å². The average molecular weight is 299 g/mol. The molecule has 1 amide bonds. The Kier molecular flexibility index (Phi) is 7.41. The van der Waals surface area contributed by atoms with Crippen molar-refractivity contribution in [3.8, 4) is 5.75 Å². The topological polar surface area (TPSA) is 50.4 Å². The number of para-hydroxylation sites is 2. The minimum atomic E-state index is 0. The highest BCUT2D eigenvalue weighted by Crippen LogP contribution is 2.31. The maximum absolute atomic E-state index is 11.8. The first-order valence-electron chi connectivity index (χ1n) is 6.96. The Morgan fingerprint density at radius 1 is 1.35 bits per heavy atom. The summed E-state index contributed by atoms with van der Waals surface area (Å²) in [5.41, 5.74) is 0.776. The quantitative estimate of drug-likeness (QED) is 0.726. The van der Waals surface area contributed by atoms with Crippen LogP contribution in [0, 0.1) is 5.92 Å². The molecule has 0 spiro atoms. The second-order valence-corrected chi connectivity index (χ2v) is 5.01. The van der Waals surface area contributed by atoms with Gasteiger partial charge in [0.05, 0.1) is 12.3 Å². The zero-order chi connectivity index (χ0) is 13.5. The summed E-state index contributed by atoms with van der Waals surface area (Å²) in [5, 5.41) is 5.96. The molecule has 0 heterocycles. The van der Waals surface area contributed by atoms with E-state index in [1.54, 1.807) is 0 Å². The molecule has 0 atom stereocenters. The summed E-state index contributed by atoms with van der Waals surface area (Å²) in [6, 6.07) is 7.63. The third-order valence-electron chi connectivity index (χ3n) is 3.16. The second kappa shape index (κ2) is 8.82. The molecule has 20 heavy (non-hydrogen) atoms. The van der Waals surface area contributed by atoms with Gasteiger partial charge in [-0.25, -0.2) is 0 Å². The molecular weight excluding hydrogens is 276 g/mol. The molecule has 1 fully saturated rings. The van der Waals surface area contributed by atoms with Crippen LogP contribution in [0.4, 0.5) is 5.69 Å². The number of benzene rings is 1. The third kappa shape index (κ3) is 5.80. The fraction of sp³-hybridized carbons (Fsp3) is 0.533. The van der Waals surface area contributed by atoms with Crippen molar-refractivity contribution in [2.45, 2.75) is 25.7 Å². The van der Waals surface area contributed by atoms with Gasteiger partial charge in [-0.3, -0.25) is 4.79 Å². The fourth-order valence-electron chi connectivity index (χ4n) is 1.83. The molecule has 0 saturated heterocycles. The lowest BCUT2D eigenvalue weighted by Gasteiger charge is -2.12. The number of carbonyl (C=O) groups is 1. The predicted octanol–water partition coefficient (Wildman–Crippen LogP) is 2.84. The molecule has 0 unspecified atom stereocenters. The third-order valence-corrected chi connectivity index (χ3v) is 3.16. The lowest BCUT2D eigenvalue weighted by Crippen LogP contribution is -2.16. The minimum absolute atomic E-state index is 0. The van der Waals surface area contributed by atoms with Crippen molar-refractivity contribution in [2.24, 2.45) is 5.92 Å². The van der Waals surface area contributed by atoms with E-state index in [-0.39, 0.29) is 18.3 Å². The van der Waals surface area contributed by atoms with Crippen molar-refractivity contribution < 1.29 is 9.53 Å². The highest BCUT2D eigenvalue weighted by molar-refractivity contribution is 5.92. The van der Waals surface area contributed by atoms with Crippen molar-refractivity contribution in [2.75, 3.05) is 25.5 Å². The molecule has 112 valence electrons. The number of halogens is 1. The molecule has 0 bridgehead atoms. The first-order valence-corrected chi connectivity index (χ1v) is 6.96. The van der Waals surface area contributed by atoms with Gasteiger partial charge in [-0.2, -0.15) is 0 Å². The Bertz CT molecular complexity index is 422. The van der Waals surface area contributed by atoms with Crippen LogP contribution in [-0.4, -0.2) is 26.1 Å². The highest BCUT2D eigenvalue weighted by atomic mass is 35.5. The van der Waals surface area contributed by atoms with Crippen LogP contribution in [0.3, 0.4) is 0 Å². The number of rotatable bonds is 8. The van der Waals surface area contributed by atoms with E-state index in [4.69, 9.17) is 4.74 Å². The van der Waals surface area contributed by atoms with Gasteiger partial charge in [0.2, 0.25) is 5.91 Å². The summed E-state index contributed by atoms with van der Waals surface area (Å²) < 4.78 is 5.76. The lowest BCUT2D eigenvalue weighted by atomic mass is 10.2. The summed E-state index contributed by atoms with van der Waals surface area (Å²) in [6.07, 6.45) is 3.89. The van der Waals surface area contributed by atoms with Crippen LogP contribution >= 0.6 is 12.4 Å². The van der Waals surface area contributed by atoms with E-state index in [1.165, 1.54) is 12.8 Å². The standard InChI is InChI=1S/C15H22N2O2.ClH/c1-16-10-4-7-15(18)17-13-5-2-3-6-14(13)19-11-12-8-9-12;/h2-3,5-6,12,16H,4,7-11H2,1H3,(H,17,18);1H. The molecule has 1 aliphatic carbocycles. The molecule has 1 aromatic carbocycles. The van der Waals surface area contributed by atoms with Gasteiger partial charge in [0.15, 0.2) is 0 Å². The summed E-state index contributed by atoms with van der Waals surface area (Å²) in [6.45, 7) is 1.61. The van der Waals surface area contributed by atoms with Crippen LogP contribution in [0.1, 0.15) is 25.7 Å². The molecule has 1 aromatic rings. The van der Waals surface area contributed by atoms with Crippen molar-refractivity contribution in [1.29, 1.82) is 0 Å². The maximum Gasteiger partial charge on any atom is 0.224 e. The van der Waals surface area contributed by atoms with Crippen LogP contribution in [0.25, 0.3) is 0 Å². The van der Waals surface area contributed by atoms with E-state index in [9.17, 15) is 4.79 Å². The summed E-state index contributed by atoms with van der Waals surface area (Å²) in [4.78, 5) is 11.8. The number of hydrogen-bond acceptors (Lipinski definition) is 3. The lowest BCUT2D eigenvalue weighted by molar-refractivity contribution is -0.116. The zero-order valence-corrected chi connectivity index (χ0v) is 12.7. The van der Waals surface area contributed by atoms with Gasteiger partial charge in [-0.05, 0) is 50.9 Å². The number of hydrogen-bond donors (Lipinski definition) is 2. The van der Waals surface area contributed by atoms with Crippen LogP contribution in [0.15, 0.2) is 24.3 Å². The van der Waals surface area contributed by atoms with Crippen molar-refractivity contribution in [3.63, 3.8) is 0 Å². The van der Waals surface area contributed by atoms with Crippen LogP contribution < -0.4 is 15.4 Å². The Balaban J connectivity index is 0.00000200. The van der Waals surface area contributed by atoms with Crippen LogP contribution in [0.2, 0.25) is 0 Å². The predicted molar refractivity (Wildman–Crippen MR) is 83.7 cm³/mol. The molecule has 2 N–H and O–H groups in total. The van der Waals surface area contributed by atoms with Gasteiger partial charge >= 0.3 is 0 Å². The highest BCUT2D eigenvalue weighted by Gasteiger charge is 2.22. The Morgan fingerprint density at radius 2 is 2.10 bits per heavy atom. The van der Waals surface area contributed by atoms with E-state index in [2.05, 4.69) is 10.6 Å². The number of carbonyl (C=O) groups excluding carboxylic acids is 1. The van der Waals surface area contributed by atoms with Crippen molar-refractivity contribution >= 4 is 24.0 Å². The summed E-state index contributed by atoms with van der Waals surface area (Å²) in [5.74, 6) is 1.52. The molecule has 0 aromatic heterocycles. The fourth-order valence-corrected chi connectivity index (χ4v) is 1.83. The Morgan fingerprint density at radius 3 is 2.80 bits per heavy atom. The average Bonchev–Trinajstić information content (AvgIpc) is 3.22. The minimum Gasteiger partial charge on any atom is -0.491 e. The van der Waals surface area contributed by atoms with Gasteiger partial charge in [0, 0.05) is 6.42 Å². The van der Waals surface area contributed by atoms with E-state index < -0.39 is 0 Å². The SMILES string of the molecule is CNCCCC(=O)Nc1ccccc1OCC1CC1.Cl. The maximum atomic E-state index is 11.8. The second-order valence-electron chi connectivity index (χ2n) is 5.01. The molecular formula is C15H23ClN2O2. The first kappa shape index (κ1) is 16.8. The monoisotopic (exact) mass is 298 g/mol. The number of amides is 1. The van der Waals surface area contributed by atoms with Gasteiger partial charge in [-0.1, -0.05) is 12.1 Å². The molecule has 5 heteroatoms. The van der Waals surface area contributed by atoms with Gasteiger partial charge < -0.3 is 15.4 Å². The van der Waals surface area contributed by atoms with Crippen molar-refractivity contribution in [1.82, 2.24) is 5.32 Å². The molecule has 0 aliphatic heterocycles. The van der Waals surface area contributed by atoms with Crippen LogP contribution in [-0.2, 0) is 4.79 Å². The molecule has 2 rings (SSSR count). The van der Waals surface area contributed by atoms with E-state index in [0.29, 0.717) is 12.3 Å². The van der Waals surface area contributed by atoms with Gasteiger partial charge in [-0.15, -0.1) is 12.4 Å². The first-order chi connectivity index (χ1) is 9.29. The summed E-state index contributed by atoms with van der Waals surface area (Å²) >= 11 is 0. The Hall–Kier alpha value is -1.26. The Labute approximate surface area is 126 Å². The van der Waals surface area contributed by atoms with E-state index >= 15 is 0 Å². The smallest absolute Gasteiger partial charge is 0.224 e. The number of nitrogens with one attached hydrogen (secondary N) is 2. The molecule has 4 nitrogen and oxygen atoms in total. The number of ether oxygens (including phenoxy) is 1. The van der Waals surface area contributed by atoms with Crippen molar-refractivity contribution in [3.05, 3.63) is 24.3 Å². The summed E-state index contributed by atoms with van der Waals surface area (Å²) in [7, 11) is 1.89. The molecule has 1 saturated carbocycles. The van der Waals surface area contributed by atoms with E-state index in [0.717, 1.165) is 31.0 Å². The molecule has 0 radical (unpaired) electrons. The zero-order valence-electron chi connectivity index (χ0n) is 11.9. The molecule has 1 aliphatic rings. The largest absolute Gasteiger partial charge is 0.491 e. The van der Waals surface area contributed by atoms with E-state index in [1.807, 2.05) is 31.3 Å². The number of anilines is 1. The van der Waals surface area contributed by atoms with Gasteiger partial charge in [0.1, 0.15) is 5.75 Å². The van der Waals surface area contributed by atoms with Crippen LogP contribution in [0.5, 0.6) is 5.75 Å².